The van der Waals surface area contributed by atoms with Gasteiger partial charge in [0.2, 0.25) is 0 Å². The zero-order valence-electron chi connectivity index (χ0n) is 7.78. The standard InChI is InChI=1S/C10H11NO2S/c1-7(12)8-2-4-9(5-3-8)10(13)11-6-14/h2-5,14H,6H2,1H3,(H,11,13). The van der Waals surface area contributed by atoms with Gasteiger partial charge in [-0.2, -0.15) is 12.6 Å². The average molecular weight is 209 g/mol. The normalized spacial score (nSPS) is 9.57. The molecule has 4 heteroatoms. The summed E-state index contributed by atoms with van der Waals surface area (Å²) in [5.74, 6) is 0.106. The Bertz CT molecular complexity index is 346. The van der Waals surface area contributed by atoms with Gasteiger partial charge in [-0.15, -0.1) is 0 Å². The van der Waals surface area contributed by atoms with Gasteiger partial charge in [-0.05, 0) is 19.1 Å². The molecule has 0 heterocycles. The third kappa shape index (κ3) is 2.60. The molecule has 0 fully saturated rings. The molecule has 14 heavy (non-hydrogen) atoms. The van der Waals surface area contributed by atoms with Crippen molar-refractivity contribution in [2.24, 2.45) is 0 Å². The van der Waals surface area contributed by atoms with E-state index in [4.69, 9.17) is 0 Å². The molecule has 0 spiro atoms. The number of amides is 1. The van der Waals surface area contributed by atoms with E-state index in [0.717, 1.165) is 0 Å². The maximum absolute atomic E-state index is 11.3. The highest BCUT2D eigenvalue weighted by atomic mass is 32.1. The number of carbonyl (C=O) groups is 2. The number of carbonyl (C=O) groups excluding carboxylic acids is 2. The van der Waals surface area contributed by atoms with Gasteiger partial charge in [0, 0.05) is 11.1 Å². The summed E-state index contributed by atoms with van der Waals surface area (Å²) in [6, 6.07) is 6.51. The average Bonchev–Trinajstić information content (AvgIpc) is 2.18. The Kier molecular flexibility index (Phi) is 3.71. The third-order valence-corrected chi connectivity index (χ3v) is 1.95. The van der Waals surface area contributed by atoms with E-state index in [9.17, 15) is 9.59 Å². The van der Waals surface area contributed by atoms with Crippen molar-refractivity contribution in [1.82, 2.24) is 5.32 Å². The fourth-order valence-electron chi connectivity index (χ4n) is 1.03. The third-order valence-electron chi connectivity index (χ3n) is 1.79. The number of rotatable bonds is 3. The van der Waals surface area contributed by atoms with Crippen molar-refractivity contribution in [2.75, 3.05) is 5.88 Å². The molecule has 74 valence electrons. The number of ketones is 1. The van der Waals surface area contributed by atoms with Gasteiger partial charge in [0.25, 0.3) is 5.91 Å². The molecule has 0 atom stereocenters. The fourth-order valence-corrected chi connectivity index (χ4v) is 1.17. The second-order valence-electron chi connectivity index (χ2n) is 2.80. The second-order valence-corrected chi connectivity index (χ2v) is 3.11. The predicted octanol–water partition coefficient (Wildman–Crippen LogP) is 1.51. The highest BCUT2D eigenvalue weighted by molar-refractivity contribution is 7.80. The number of thiol groups is 1. The van der Waals surface area contributed by atoms with Crippen molar-refractivity contribution in [3.63, 3.8) is 0 Å². The van der Waals surface area contributed by atoms with Gasteiger partial charge in [-0.25, -0.2) is 0 Å². The van der Waals surface area contributed by atoms with Gasteiger partial charge in [0.1, 0.15) is 0 Å². The van der Waals surface area contributed by atoms with Crippen molar-refractivity contribution in [1.29, 1.82) is 0 Å². The summed E-state index contributed by atoms with van der Waals surface area (Å²) in [5, 5.41) is 2.55. The van der Waals surface area contributed by atoms with Crippen LogP contribution in [0.4, 0.5) is 0 Å². The fraction of sp³-hybridized carbons (Fsp3) is 0.200. The Morgan fingerprint density at radius 3 is 2.14 bits per heavy atom. The number of benzene rings is 1. The first-order chi connectivity index (χ1) is 6.65. The van der Waals surface area contributed by atoms with Crippen molar-refractivity contribution >= 4 is 24.3 Å². The minimum Gasteiger partial charge on any atom is -0.343 e. The number of hydrogen-bond donors (Lipinski definition) is 2. The molecule has 0 radical (unpaired) electrons. The van der Waals surface area contributed by atoms with Crippen LogP contribution in [0.5, 0.6) is 0 Å². The van der Waals surface area contributed by atoms with Crippen LogP contribution in [-0.2, 0) is 0 Å². The molecule has 0 aliphatic rings. The minimum absolute atomic E-state index is 0.00819. The lowest BCUT2D eigenvalue weighted by molar-refractivity contribution is 0.0958. The van der Waals surface area contributed by atoms with E-state index < -0.39 is 0 Å². The van der Waals surface area contributed by atoms with Gasteiger partial charge >= 0.3 is 0 Å². The largest absolute Gasteiger partial charge is 0.343 e. The lowest BCUT2D eigenvalue weighted by Gasteiger charge is -2.01. The van der Waals surface area contributed by atoms with Gasteiger partial charge in [-0.3, -0.25) is 9.59 Å². The first kappa shape index (κ1) is 10.8. The van der Waals surface area contributed by atoms with Crippen LogP contribution >= 0.6 is 12.6 Å². The van der Waals surface area contributed by atoms with E-state index in [2.05, 4.69) is 17.9 Å². The lowest BCUT2D eigenvalue weighted by Crippen LogP contribution is -2.21. The predicted molar refractivity (Wildman–Crippen MR) is 57.8 cm³/mol. The number of Topliss-reactive ketones (excluding diaryl/α,β-unsaturated/α-hetero) is 1. The summed E-state index contributed by atoms with van der Waals surface area (Å²) in [7, 11) is 0. The topological polar surface area (TPSA) is 46.2 Å². The summed E-state index contributed by atoms with van der Waals surface area (Å²) in [5.41, 5.74) is 1.14. The zero-order valence-corrected chi connectivity index (χ0v) is 8.67. The van der Waals surface area contributed by atoms with Gasteiger partial charge in [0.05, 0.1) is 5.88 Å². The summed E-state index contributed by atoms with van der Waals surface area (Å²) >= 11 is 3.88. The maximum Gasteiger partial charge on any atom is 0.251 e. The maximum atomic E-state index is 11.3. The van der Waals surface area contributed by atoms with Crippen LogP contribution < -0.4 is 5.32 Å². The highest BCUT2D eigenvalue weighted by Gasteiger charge is 2.04. The Labute approximate surface area is 87.9 Å². The van der Waals surface area contributed by atoms with E-state index in [1.54, 1.807) is 24.3 Å². The zero-order chi connectivity index (χ0) is 10.6. The molecule has 0 saturated carbocycles. The molecule has 0 aliphatic carbocycles. The summed E-state index contributed by atoms with van der Waals surface area (Å²) in [6.45, 7) is 1.49. The van der Waals surface area contributed by atoms with Gasteiger partial charge < -0.3 is 5.32 Å². The Morgan fingerprint density at radius 1 is 1.21 bits per heavy atom. The van der Waals surface area contributed by atoms with Crippen LogP contribution in [0.2, 0.25) is 0 Å². The van der Waals surface area contributed by atoms with Crippen molar-refractivity contribution in [2.45, 2.75) is 6.92 Å². The summed E-state index contributed by atoms with van der Waals surface area (Å²) < 4.78 is 0. The monoisotopic (exact) mass is 209 g/mol. The quantitative estimate of drug-likeness (QED) is 0.450. The van der Waals surface area contributed by atoms with E-state index in [0.29, 0.717) is 17.0 Å². The van der Waals surface area contributed by atoms with Crippen molar-refractivity contribution in [3.05, 3.63) is 35.4 Å². The van der Waals surface area contributed by atoms with Crippen molar-refractivity contribution in [3.8, 4) is 0 Å². The smallest absolute Gasteiger partial charge is 0.251 e. The minimum atomic E-state index is -0.185. The second kappa shape index (κ2) is 4.81. The molecule has 1 aromatic carbocycles. The molecular weight excluding hydrogens is 198 g/mol. The molecule has 1 amide bonds. The Hall–Kier alpha value is -1.29. The molecular formula is C10H11NO2S. The van der Waals surface area contributed by atoms with E-state index in [1.807, 2.05) is 0 Å². The molecule has 1 N–H and O–H groups in total. The molecule has 0 aliphatic heterocycles. The number of nitrogens with one attached hydrogen (secondary N) is 1. The first-order valence-electron chi connectivity index (χ1n) is 4.15. The van der Waals surface area contributed by atoms with Gasteiger partial charge in [0.15, 0.2) is 5.78 Å². The Morgan fingerprint density at radius 2 is 1.71 bits per heavy atom. The van der Waals surface area contributed by atoms with Gasteiger partial charge in [-0.1, -0.05) is 12.1 Å². The highest BCUT2D eigenvalue weighted by Crippen LogP contribution is 2.04. The Balaban J connectivity index is 2.83. The van der Waals surface area contributed by atoms with Crippen LogP contribution in [0.15, 0.2) is 24.3 Å². The SMILES string of the molecule is CC(=O)c1ccc(C(=O)NCS)cc1. The van der Waals surface area contributed by atoms with E-state index in [1.165, 1.54) is 6.92 Å². The van der Waals surface area contributed by atoms with Crippen LogP contribution in [0.3, 0.4) is 0 Å². The van der Waals surface area contributed by atoms with Crippen molar-refractivity contribution < 1.29 is 9.59 Å². The van der Waals surface area contributed by atoms with E-state index >= 15 is 0 Å². The molecule has 1 aromatic rings. The molecule has 0 bridgehead atoms. The molecule has 0 unspecified atom stereocenters. The first-order valence-corrected chi connectivity index (χ1v) is 4.78. The molecule has 3 nitrogen and oxygen atoms in total. The lowest BCUT2D eigenvalue weighted by atomic mass is 10.1. The van der Waals surface area contributed by atoms with Crippen LogP contribution in [0.25, 0.3) is 0 Å². The summed E-state index contributed by atoms with van der Waals surface area (Å²) in [6.07, 6.45) is 0. The van der Waals surface area contributed by atoms with Crippen LogP contribution in [-0.4, -0.2) is 17.6 Å². The van der Waals surface area contributed by atoms with Crippen LogP contribution in [0.1, 0.15) is 27.6 Å². The van der Waals surface area contributed by atoms with Crippen LogP contribution in [0, 0.1) is 0 Å². The van der Waals surface area contributed by atoms with E-state index in [-0.39, 0.29) is 11.7 Å². The number of hydrogen-bond acceptors (Lipinski definition) is 3. The summed E-state index contributed by atoms with van der Waals surface area (Å²) in [4.78, 5) is 22.2. The molecule has 0 aromatic heterocycles. The molecule has 0 saturated heterocycles. The molecule has 1 rings (SSSR count).